The molecule has 1 heterocycles. The number of carbonyl (C=O) groups excluding carboxylic acids is 1. The van der Waals surface area contributed by atoms with Gasteiger partial charge in [0.25, 0.3) is 0 Å². The number of hydrogen-bond acceptors (Lipinski definition) is 2. The van der Waals surface area contributed by atoms with Gasteiger partial charge in [-0.25, -0.2) is 0 Å². The third-order valence-corrected chi connectivity index (χ3v) is 4.93. The van der Waals surface area contributed by atoms with Gasteiger partial charge < -0.3 is 9.64 Å². The number of benzene rings is 1. The highest BCUT2D eigenvalue weighted by Crippen LogP contribution is 2.60. The summed E-state index contributed by atoms with van der Waals surface area (Å²) in [6, 6.07) is 10.8. The van der Waals surface area contributed by atoms with E-state index in [0.717, 1.165) is 6.54 Å². The molecule has 1 spiro atoms. The van der Waals surface area contributed by atoms with Crippen LogP contribution < -0.4 is 0 Å². The van der Waals surface area contributed by atoms with Crippen LogP contribution >= 0.6 is 0 Å². The molecule has 1 aromatic rings. The summed E-state index contributed by atoms with van der Waals surface area (Å²) in [4.78, 5) is 14.5. The highest BCUT2D eigenvalue weighted by molar-refractivity contribution is 5.78. The van der Waals surface area contributed by atoms with Crippen LogP contribution in [0.1, 0.15) is 51.1 Å². The third kappa shape index (κ3) is 2.71. The van der Waals surface area contributed by atoms with Crippen molar-refractivity contribution in [3.8, 4) is 0 Å². The molecule has 1 aliphatic heterocycles. The first-order valence-electron chi connectivity index (χ1n) is 8.08. The smallest absolute Gasteiger partial charge is 0.225 e. The van der Waals surface area contributed by atoms with Gasteiger partial charge in [0, 0.05) is 12.0 Å². The number of hydrogen-bond donors (Lipinski definition) is 0. The molecule has 1 aliphatic carbocycles. The molecule has 3 rings (SSSR count). The maximum Gasteiger partial charge on any atom is 0.225 e. The summed E-state index contributed by atoms with van der Waals surface area (Å²) < 4.78 is 5.52. The maximum atomic E-state index is 12.5. The van der Waals surface area contributed by atoms with Gasteiger partial charge in [0.15, 0.2) is 0 Å². The first-order chi connectivity index (χ1) is 10.1. The first-order valence-corrected chi connectivity index (χ1v) is 8.08. The molecule has 1 amide bonds. The van der Waals surface area contributed by atoms with Gasteiger partial charge >= 0.3 is 0 Å². The second-order valence-corrected chi connectivity index (χ2v) is 6.72. The van der Waals surface area contributed by atoms with Gasteiger partial charge in [-0.3, -0.25) is 4.79 Å². The number of rotatable bonds is 5. The van der Waals surface area contributed by atoms with E-state index in [1.165, 1.54) is 24.8 Å². The Labute approximate surface area is 127 Å². The van der Waals surface area contributed by atoms with E-state index in [0.29, 0.717) is 24.5 Å². The van der Waals surface area contributed by atoms with Crippen LogP contribution in [0, 0.1) is 5.41 Å². The van der Waals surface area contributed by atoms with Gasteiger partial charge in [-0.15, -0.1) is 0 Å². The predicted molar refractivity (Wildman–Crippen MR) is 82.9 cm³/mol. The number of ether oxygens (including phenoxy) is 1. The summed E-state index contributed by atoms with van der Waals surface area (Å²) >= 11 is 0. The zero-order chi connectivity index (χ0) is 14.9. The van der Waals surface area contributed by atoms with Crippen LogP contribution in [0.15, 0.2) is 30.3 Å². The number of amides is 1. The zero-order valence-electron chi connectivity index (χ0n) is 13.0. The van der Waals surface area contributed by atoms with Crippen LogP contribution in [0.5, 0.6) is 0 Å². The second kappa shape index (κ2) is 5.80. The largest absolute Gasteiger partial charge is 0.378 e. The Hall–Kier alpha value is -1.35. The van der Waals surface area contributed by atoms with Crippen molar-refractivity contribution in [2.24, 2.45) is 5.41 Å². The van der Waals surface area contributed by atoms with Crippen LogP contribution in [0.2, 0.25) is 0 Å². The molecule has 1 saturated heterocycles. The lowest BCUT2D eigenvalue weighted by Gasteiger charge is -2.62. The lowest BCUT2D eigenvalue weighted by Crippen LogP contribution is -2.63. The fourth-order valence-electron chi connectivity index (χ4n) is 3.72. The van der Waals surface area contributed by atoms with Gasteiger partial charge in [0.2, 0.25) is 5.91 Å². The Morgan fingerprint density at radius 1 is 1.33 bits per heavy atom. The minimum absolute atomic E-state index is 0.192. The molecule has 21 heavy (non-hydrogen) atoms. The lowest BCUT2D eigenvalue weighted by atomic mass is 9.56. The van der Waals surface area contributed by atoms with Crippen molar-refractivity contribution in [1.29, 1.82) is 0 Å². The van der Waals surface area contributed by atoms with E-state index in [1.54, 1.807) is 0 Å². The molecular weight excluding hydrogens is 262 g/mol. The maximum absolute atomic E-state index is 12.5. The van der Waals surface area contributed by atoms with E-state index < -0.39 is 0 Å². The molecule has 3 nitrogen and oxygen atoms in total. The Balaban J connectivity index is 1.67. The highest BCUT2D eigenvalue weighted by atomic mass is 16.5. The van der Waals surface area contributed by atoms with Crippen LogP contribution in [0.25, 0.3) is 0 Å². The van der Waals surface area contributed by atoms with Crippen LogP contribution in [0.3, 0.4) is 0 Å². The molecule has 1 aromatic carbocycles. The van der Waals surface area contributed by atoms with Crippen molar-refractivity contribution in [3.05, 3.63) is 35.9 Å². The number of carbonyl (C=O) groups is 1. The number of nitrogens with zero attached hydrogens (tertiary/aromatic N) is 1. The minimum atomic E-state index is 0.192. The molecule has 2 aliphatic rings. The van der Waals surface area contributed by atoms with Crippen molar-refractivity contribution in [1.82, 2.24) is 4.90 Å². The summed E-state index contributed by atoms with van der Waals surface area (Å²) in [6.45, 7) is 5.48. The topological polar surface area (TPSA) is 29.5 Å². The van der Waals surface area contributed by atoms with Crippen molar-refractivity contribution >= 4 is 5.91 Å². The fraction of sp³-hybridized carbons (Fsp3) is 0.611. The summed E-state index contributed by atoms with van der Waals surface area (Å²) in [5.41, 5.74) is 1.66. The van der Waals surface area contributed by atoms with Crippen molar-refractivity contribution < 1.29 is 9.53 Å². The molecular formula is C18H25NO2. The summed E-state index contributed by atoms with van der Waals surface area (Å²) in [6.07, 6.45) is 4.52. The van der Waals surface area contributed by atoms with Gasteiger partial charge in [0.05, 0.1) is 25.2 Å². The zero-order valence-corrected chi connectivity index (χ0v) is 13.0. The standard InChI is InChI=1S/C18H25NO2/c1-14(2)21-12-9-16(20)19-13-18(10-6-11-18)17(19)15-7-4-3-5-8-15/h3-5,7-8,14,17H,6,9-13H2,1-2H3/t17-/m1/s1. The van der Waals surface area contributed by atoms with Crippen molar-refractivity contribution in [3.63, 3.8) is 0 Å². The van der Waals surface area contributed by atoms with E-state index in [9.17, 15) is 4.79 Å². The molecule has 0 radical (unpaired) electrons. The average Bonchev–Trinajstić information content (AvgIpc) is 2.36. The highest BCUT2D eigenvalue weighted by Gasteiger charge is 2.57. The van der Waals surface area contributed by atoms with Crippen LogP contribution in [-0.2, 0) is 9.53 Å². The molecule has 0 unspecified atom stereocenters. The normalized spacial score (nSPS) is 23.0. The van der Waals surface area contributed by atoms with Gasteiger partial charge in [-0.2, -0.15) is 0 Å². The fourth-order valence-corrected chi connectivity index (χ4v) is 3.72. The molecule has 3 heteroatoms. The first kappa shape index (κ1) is 14.6. The van der Waals surface area contributed by atoms with Gasteiger partial charge in [0.1, 0.15) is 0 Å². The van der Waals surface area contributed by atoms with Gasteiger partial charge in [-0.1, -0.05) is 36.8 Å². The Kier molecular flexibility index (Phi) is 4.03. The second-order valence-electron chi connectivity index (χ2n) is 6.72. The SMILES string of the molecule is CC(C)OCCC(=O)N1CC2(CCC2)[C@H]1c1ccccc1. The van der Waals surface area contributed by atoms with Crippen molar-refractivity contribution in [2.75, 3.05) is 13.2 Å². The molecule has 1 atom stereocenters. The van der Waals surface area contributed by atoms with E-state index in [4.69, 9.17) is 4.74 Å². The summed E-state index contributed by atoms with van der Waals surface area (Å²) in [5.74, 6) is 0.238. The molecule has 114 valence electrons. The molecule has 0 bridgehead atoms. The monoisotopic (exact) mass is 287 g/mol. The third-order valence-electron chi connectivity index (χ3n) is 4.93. The Morgan fingerprint density at radius 3 is 2.62 bits per heavy atom. The van der Waals surface area contributed by atoms with Crippen LogP contribution in [-0.4, -0.2) is 30.1 Å². The van der Waals surface area contributed by atoms with E-state index in [-0.39, 0.29) is 12.0 Å². The van der Waals surface area contributed by atoms with E-state index in [1.807, 2.05) is 19.9 Å². The van der Waals surface area contributed by atoms with Crippen LogP contribution in [0.4, 0.5) is 0 Å². The molecule has 2 fully saturated rings. The number of likely N-dealkylation sites (tertiary alicyclic amines) is 1. The van der Waals surface area contributed by atoms with E-state index in [2.05, 4.69) is 29.2 Å². The average molecular weight is 287 g/mol. The quantitative estimate of drug-likeness (QED) is 0.829. The van der Waals surface area contributed by atoms with Gasteiger partial charge in [-0.05, 0) is 32.3 Å². The Bertz CT molecular complexity index is 493. The summed E-state index contributed by atoms with van der Waals surface area (Å²) in [5, 5.41) is 0. The van der Waals surface area contributed by atoms with E-state index >= 15 is 0 Å². The Morgan fingerprint density at radius 2 is 2.05 bits per heavy atom. The molecule has 0 N–H and O–H groups in total. The molecule has 1 saturated carbocycles. The van der Waals surface area contributed by atoms with Crippen molar-refractivity contribution in [2.45, 2.75) is 51.7 Å². The molecule has 0 aromatic heterocycles. The summed E-state index contributed by atoms with van der Waals surface area (Å²) in [7, 11) is 0. The lowest BCUT2D eigenvalue weighted by molar-refractivity contribution is -0.170. The minimum Gasteiger partial charge on any atom is -0.378 e. The predicted octanol–water partition coefficient (Wildman–Crippen LogP) is 3.56.